The van der Waals surface area contributed by atoms with Gasteiger partial charge in [-0.25, -0.2) is 9.37 Å². The van der Waals surface area contributed by atoms with Gasteiger partial charge in [-0.2, -0.15) is 0 Å². The predicted octanol–water partition coefficient (Wildman–Crippen LogP) is 4.08. The van der Waals surface area contributed by atoms with Crippen molar-refractivity contribution < 1.29 is 4.39 Å². The van der Waals surface area contributed by atoms with Crippen LogP contribution in [-0.4, -0.2) is 52.1 Å². The maximum absolute atomic E-state index is 13.8. The molecule has 1 saturated heterocycles. The Bertz CT molecular complexity index is 885. The number of rotatable bonds is 6. The largest absolute Gasteiger partial charge is 0.302 e. The summed E-state index contributed by atoms with van der Waals surface area (Å²) >= 11 is 6.26. The molecule has 0 amide bonds. The van der Waals surface area contributed by atoms with Crippen molar-refractivity contribution in [2.75, 3.05) is 32.7 Å². The van der Waals surface area contributed by atoms with Gasteiger partial charge in [-0.1, -0.05) is 31.9 Å². The zero-order valence-corrected chi connectivity index (χ0v) is 17.8. The molecule has 1 aliphatic rings. The Kier molecular flexibility index (Phi) is 7.07. The lowest BCUT2D eigenvalue weighted by molar-refractivity contribution is 0.177. The van der Waals surface area contributed by atoms with Crippen molar-refractivity contribution in [3.05, 3.63) is 39.2 Å². The molecule has 154 valence electrons. The average molecular weight is 409 g/mol. The van der Waals surface area contributed by atoms with Crippen molar-refractivity contribution in [3.8, 4) is 0 Å². The second-order valence-electron chi connectivity index (χ2n) is 7.43. The molecule has 1 unspecified atom stereocenters. The van der Waals surface area contributed by atoms with Crippen LogP contribution in [0.3, 0.4) is 0 Å². The number of halogens is 2. The summed E-state index contributed by atoms with van der Waals surface area (Å²) in [7, 11) is 0. The van der Waals surface area contributed by atoms with E-state index in [0.29, 0.717) is 12.1 Å². The molecule has 1 aliphatic heterocycles. The van der Waals surface area contributed by atoms with E-state index in [1.165, 1.54) is 12.1 Å². The lowest BCUT2D eigenvalue weighted by Gasteiger charge is -2.31. The minimum Gasteiger partial charge on any atom is -0.302 e. The van der Waals surface area contributed by atoms with Crippen molar-refractivity contribution in [3.63, 3.8) is 0 Å². The van der Waals surface area contributed by atoms with Gasteiger partial charge in [0.15, 0.2) is 0 Å². The van der Waals surface area contributed by atoms with Crippen LogP contribution in [0, 0.1) is 5.82 Å². The third-order valence-electron chi connectivity index (χ3n) is 5.69. The molecule has 0 spiro atoms. The summed E-state index contributed by atoms with van der Waals surface area (Å²) < 4.78 is 15.5. The van der Waals surface area contributed by atoms with Gasteiger partial charge in [0.2, 0.25) is 0 Å². The van der Waals surface area contributed by atoms with Crippen LogP contribution in [0.25, 0.3) is 10.9 Å². The summed E-state index contributed by atoms with van der Waals surface area (Å²) in [4.78, 5) is 22.9. The van der Waals surface area contributed by atoms with Gasteiger partial charge < -0.3 is 4.90 Å². The van der Waals surface area contributed by atoms with E-state index < -0.39 is 5.82 Å². The number of likely N-dealkylation sites (N-methyl/N-ethyl adjacent to an activating group) is 1. The Hall–Kier alpha value is -1.50. The molecule has 2 heterocycles. The van der Waals surface area contributed by atoms with E-state index in [4.69, 9.17) is 16.6 Å². The number of nitrogens with zero attached hydrogens (tertiary/aromatic N) is 4. The Balaban J connectivity index is 2.11. The highest BCUT2D eigenvalue weighted by molar-refractivity contribution is 6.35. The topological polar surface area (TPSA) is 41.4 Å². The molecular formula is C21H30ClFN4O. The zero-order chi connectivity index (χ0) is 20.3. The maximum atomic E-state index is 13.8. The van der Waals surface area contributed by atoms with Crippen LogP contribution in [0.4, 0.5) is 4.39 Å². The molecule has 0 aliphatic carbocycles. The summed E-state index contributed by atoms with van der Waals surface area (Å²) in [6, 6.07) is 2.53. The van der Waals surface area contributed by atoms with E-state index in [1.807, 2.05) is 6.92 Å². The Morgan fingerprint density at radius 3 is 2.61 bits per heavy atom. The van der Waals surface area contributed by atoms with Crippen molar-refractivity contribution in [2.45, 2.75) is 52.6 Å². The summed E-state index contributed by atoms with van der Waals surface area (Å²) in [6.07, 6.45) is 3.01. The first-order valence-corrected chi connectivity index (χ1v) is 10.7. The molecule has 5 nitrogen and oxygen atoms in total. The molecule has 7 heteroatoms. The average Bonchev–Trinajstić information content (AvgIpc) is 2.92. The fourth-order valence-corrected chi connectivity index (χ4v) is 4.44. The fraction of sp³-hybridized carbons (Fsp3) is 0.619. The highest BCUT2D eigenvalue weighted by Gasteiger charge is 2.27. The van der Waals surface area contributed by atoms with E-state index in [1.54, 1.807) is 4.57 Å². The van der Waals surface area contributed by atoms with Crippen molar-refractivity contribution in [1.82, 2.24) is 19.4 Å². The van der Waals surface area contributed by atoms with Gasteiger partial charge >= 0.3 is 0 Å². The second kappa shape index (κ2) is 9.33. The van der Waals surface area contributed by atoms with Gasteiger partial charge in [0, 0.05) is 26.2 Å². The van der Waals surface area contributed by atoms with Crippen LogP contribution in [0.1, 0.15) is 51.9 Å². The van der Waals surface area contributed by atoms with E-state index in [0.717, 1.165) is 57.8 Å². The molecule has 0 radical (unpaired) electrons. The molecule has 28 heavy (non-hydrogen) atoms. The smallest absolute Gasteiger partial charge is 0.261 e. The number of fused-ring (bicyclic) bond motifs is 1. The van der Waals surface area contributed by atoms with Crippen LogP contribution in [0.15, 0.2) is 16.9 Å². The van der Waals surface area contributed by atoms with E-state index in [2.05, 4.69) is 23.6 Å². The van der Waals surface area contributed by atoms with Crippen LogP contribution in [0.5, 0.6) is 0 Å². The van der Waals surface area contributed by atoms with Crippen LogP contribution >= 0.6 is 11.6 Å². The van der Waals surface area contributed by atoms with Crippen molar-refractivity contribution in [1.29, 1.82) is 0 Å². The molecular weight excluding hydrogens is 379 g/mol. The summed E-state index contributed by atoms with van der Waals surface area (Å²) in [5.41, 5.74) is 0.189. The van der Waals surface area contributed by atoms with Gasteiger partial charge in [0.1, 0.15) is 11.6 Å². The standard InChI is InChI=1S/C21H30ClFN4O/c1-4-8-18(26-10-7-9-25(5-2)11-12-26)20-24-19-16(21(28)27(20)6-3)13-15(23)14-17(19)22/h13-14,18H,4-12H2,1-3H3. The SMILES string of the molecule is CCCC(c1nc2c(Cl)cc(F)cc2c(=O)n1CC)N1CCCN(CC)CC1. The lowest BCUT2D eigenvalue weighted by Crippen LogP contribution is -2.37. The van der Waals surface area contributed by atoms with Crippen LogP contribution < -0.4 is 5.56 Å². The summed E-state index contributed by atoms with van der Waals surface area (Å²) in [6.45, 7) is 11.9. The Morgan fingerprint density at radius 1 is 1.14 bits per heavy atom. The maximum Gasteiger partial charge on any atom is 0.261 e. The highest BCUT2D eigenvalue weighted by Crippen LogP contribution is 2.28. The van der Waals surface area contributed by atoms with E-state index >= 15 is 0 Å². The third-order valence-corrected chi connectivity index (χ3v) is 5.98. The van der Waals surface area contributed by atoms with Crippen molar-refractivity contribution >= 4 is 22.5 Å². The first kappa shape index (κ1) is 21.2. The fourth-order valence-electron chi connectivity index (χ4n) is 4.19. The number of benzene rings is 1. The van der Waals surface area contributed by atoms with E-state index in [-0.39, 0.29) is 22.0 Å². The first-order chi connectivity index (χ1) is 13.5. The van der Waals surface area contributed by atoms with Crippen LogP contribution in [0.2, 0.25) is 5.02 Å². The molecule has 0 N–H and O–H groups in total. The minimum absolute atomic E-state index is 0.0555. The minimum atomic E-state index is -0.510. The number of hydrogen-bond donors (Lipinski definition) is 0. The Labute approximate surface area is 171 Å². The quantitative estimate of drug-likeness (QED) is 0.722. The summed E-state index contributed by atoms with van der Waals surface area (Å²) in [5, 5.41) is 0.443. The third kappa shape index (κ3) is 4.24. The van der Waals surface area contributed by atoms with E-state index in [9.17, 15) is 9.18 Å². The van der Waals surface area contributed by atoms with Gasteiger partial charge in [-0.3, -0.25) is 14.3 Å². The van der Waals surface area contributed by atoms with Crippen molar-refractivity contribution in [2.24, 2.45) is 0 Å². The molecule has 0 bridgehead atoms. The monoisotopic (exact) mass is 408 g/mol. The number of hydrogen-bond acceptors (Lipinski definition) is 4. The number of aromatic nitrogens is 2. The summed E-state index contributed by atoms with van der Waals surface area (Å²) in [5.74, 6) is 0.240. The van der Waals surface area contributed by atoms with Gasteiger partial charge in [0.05, 0.1) is 22.0 Å². The molecule has 2 aromatic rings. The first-order valence-electron chi connectivity index (χ1n) is 10.4. The molecule has 0 saturated carbocycles. The lowest BCUT2D eigenvalue weighted by atomic mass is 10.1. The van der Waals surface area contributed by atoms with Gasteiger partial charge in [-0.05, 0) is 45.0 Å². The predicted molar refractivity (Wildman–Crippen MR) is 113 cm³/mol. The normalized spacial score (nSPS) is 17.8. The van der Waals surface area contributed by atoms with Gasteiger partial charge in [-0.15, -0.1) is 0 Å². The molecule has 1 aromatic carbocycles. The van der Waals surface area contributed by atoms with Gasteiger partial charge in [0.25, 0.3) is 5.56 Å². The zero-order valence-electron chi connectivity index (χ0n) is 17.0. The second-order valence-corrected chi connectivity index (χ2v) is 7.84. The molecule has 1 aromatic heterocycles. The molecule has 3 rings (SSSR count). The van der Waals surface area contributed by atoms with Crippen LogP contribution in [-0.2, 0) is 6.54 Å². The molecule has 1 atom stereocenters. The Morgan fingerprint density at radius 2 is 1.93 bits per heavy atom. The highest BCUT2D eigenvalue weighted by atomic mass is 35.5. The molecule has 1 fully saturated rings.